The fourth-order valence-corrected chi connectivity index (χ4v) is 2.47. The number of rotatable bonds is 12. The first kappa shape index (κ1) is 16.5. The molecular weight excluding hydrogens is 236 g/mol. The van der Waals surface area contributed by atoms with Gasteiger partial charge in [-0.25, -0.2) is 0 Å². The number of carbonyl (C=O) groups excluding carboxylic acids is 1. The van der Waals surface area contributed by atoms with Gasteiger partial charge in [0.1, 0.15) is 0 Å². The van der Waals surface area contributed by atoms with Crippen LogP contribution in [0.1, 0.15) is 90.9 Å². The first-order chi connectivity index (χ1) is 9.22. The van der Waals surface area contributed by atoms with Crippen LogP contribution in [0.2, 0.25) is 0 Å². The van der Waals surface area contributed by atoms with Crippen molar-refractivity contribution in [3.05, 3.63) is 0 Å². The van der Waals surface area contributed by atoms with Crippen molar-refractivity contribution < 1.29 is 9.53 Å². The highest BCUT2D eigenvalue weighted by molar-refractivity contribution is 5.69. The van der Waals surface area contributed by atoms with Crippen LogP contribution >= 0.6 is 0 Å². The summed E-state index contributed by atoms with van der Waals surface area (Å²) in [5.74, 6) is 1.07. The standard InChI is InChI=1S/C17H32O2/c1-3-4-10-15(2)19-17(18)12-9-7-5-6-8-11-16-13-14-16/h15-16H,3-14H2,1-2H3. The van der Waals surface area contributed by atoms with Crippen molar-refractivity contribution in [2.24, 2.45) is 5.92 Å². The summed E-state index contributed by atoms with van der Waals surface area (Å²) in [6, 6.07) is 0. The summed E-state index contributed by atoms with van der Waals surface area (Å²) in [5.41, 5.74) is 0. The smallest absolute Gasteiger partial charge is 0.306 e. The molecule has 0 aromatic carbocycles. The van der Waals surface area contributed by atoms with Gasteiger partial charge in [-0.15, -0.1) is 0 Å². The van der Waals surface area contributed by atoms with E-state index >= 15 is 0 Å². The summed E-state index contributed by atoms with van der Waals surface area (Å²) in [4.78, 5) is 11.6. The lowest BCUT2D eigenvalue weighted by Gasteiger charge is -2.12. The van der Waals surface area contributed by atoms with E-state index in [1.165, 1.54) is 51.4 Å². The summed E-state index contributed by atoms with van der Waals surface area (Å²) < 4.78 is 5.38. The fourth-order valence-electron chi connectivity index (χ4n) is 2.47. The normalized spacial score (nSPS) is 16.3. The molecule has 19 heavy (non-hydrogen) atoms. The minimum atomic E-state index is 0.00147. The van der Waals surface area contributed by atoms with Crippen LogP contribution in [0.25, 0.3) is 0 Å². The van der Waals surface area contributed by atoms with Crippen LogP contribution in [-0.2, 0) is 9.53 Å². The minimum absolute atomic E-state index is 0.00147. The van der Waals surface area contributed by atoms with Gasteiger partial charge in [-0.3, -0.25) is 4.79 Å². The zero-order chi connectivity index (χ0) is 13.9. The van der Waals surface area contributed by atoms with Crippen LogP contribution in [-0.4, -0.2) is 12.1 Å². The Morgan fingerprint density at radius 1 is 1.11 bits per heavy atom. The van der Waals surface area contributed by atoms with Crippen molar-refractivity contribution in [1.29, 1.82) is 0 Å². The van der Waals surface area contributed by atoms with Gasteiger partial charge in [0.15, 0.2) is 0 Å². The molecule has 0 radical (unpaired) electrons. The molecular formula is C17H32O2. The highest BCUT2D eigenvalue weighted by Crippen LogP contribution is 2.34. The van der Waals surface area contributed by atoms with Gasteiger partial charge < -0.3 is 4.74 Å². The van der Waals surface area contributed by atoms with Crippen molar-refractivity contribution in [1.82, 2.24) is 0 Å². The van der Waals surface area contributed by atoms with Crippen LogP contribution in [0.15, 0.2) is 0 Å². The van der Waals surface area contributed by atoms with Crippen molar-refractivity contribution in [2.45, 2.75) is 97.0 Å². The largest absolute Gasteiger partial charge is 0.463 e. The zero-order valence-corrected chi connectivity index (χ0v) is 13.0. The predicted octanol–water partition coefficient (Wildman–Crippen LogP) is 5.25. The highest BCUT2D eigenvalue weighted by Gasteiger charge is 2.19. The Bertz CT molecular complexity index is 233. The molecule has 1 aliphatic carbocycles. The fraction of sp³-hybridized carbons (Fsp3) is 0.941. The van der Waals surface area contributed by atoms with E-state index in [1.54, 1.807) is 0 Å². The van der Waals surface area contributed by atoms with E-state index in [0.717, 1.165) is 25.2 Å². The average molecular weight is 268 g/mol. The van der Waals surface area contributed by atoms with E-state index in [-0.39, 0.29) is 12.1 Å². The minimum Gasteiger partial charge on any atom is -0.463 e. The second kappa shape index (κ2) is 10.3. The number of ether oxygens (including phenoxy) is 1. The van der Waals surface area contributed by atoms with E-state index in [1.807, 2.05) is 6.92 Å². The SMILES string of the molecule is CCCCC(C)OC(=O)CCCCCCCC1CC1. The molecule has 1 saturated carbocycles. The summed E-state index contributed by atoms with van der Waals surface area (Å²) in [7, 11) is 0. The molecule has 0 bridgehead atoms. The lowest BCUT2D eigenvalue weighted by atomic mass is 10.1. The summed E-state index contributed by atoms with van der Waals surface area (Å²) in [6.45, 7) is 4.17. The molecule has 1 atom stereocenters. The quantitative estimate of drug-likeness (QED) is 0.357. The Balaban J connectivity index is 1.83. The lowest BCUT2D eigenvalue weighted by molar-refractivity contribution is -0.148. The third kappa shape index (κ3) is 9.98. The molecule has 0 aromatic rings. The Labute approximate surface area is 119 Å². The van der Waals surface area contributed by atoms with E-state index in [4.69, 9.17) is 4.74 Å². The molecule has 2 nitrogen and oxygen atoms in total. The van der Waals surface area contributed by atoms with Crippen LogP contribution in [0.3, 0.4) is 0 Å². The van der Waals surface area contributed by atoms with Crippen LogP contribution < -0.4 is 0 Å². The Kier molecular flexibility index (Phi) is 8.94. The number of unbranched alkanes of at least 4 members (excludes halogenated alkanes) is 5. The molecule has 0 saturated heterocycles. The van der Waals surface area contributed by atoms with E-state index < -0.39 is 0 Å². The molecule has 0 aromatic heterocycles. The average Bonchev–Trinajstić information content (AvgIpc) is 3.19. The van der Waals surface area contributed by atoms with Gasteiger partial charge in [-0.1, -0.05) is 64.7 Å². The molecule has 0 spiro atoms. The molecule has 0 heterocycles. The first-order valence-electron chi connectivity index (χ1n) is 8.41. The van der Waals surface area contributed by atoms with Gasteiger partial charge >= 0.3 is 5.97 Å². The Morgan fingerprint density at radius 2 is 1.79 bits per heavy atom. The summed E-state index contributed by atoms with van der Waals surface area (Å²) in [6.07, 6.45) is 14.6. The maximum atomic E-state index is 11.6. The number of esters is 1. The molecule has 1 rings (SSSR count). The van der Waals surface area contributed by atoms with Gasteiger partial charge in [-0.2, -0.15) is 0 Å². The molecule has 1 fully saturated rings. The van der Waals surface area contributed by atoms with Crippen molar-refractivity contribution in [2.75, 3.05) is 0 Å². The van der Waals surface area contributed by atoms with Crippen LogP contribution in [0.4, 0.5) is 0 Å². The second-order valence-corrected chi connectivity index (χ2v) is 6.19. The molecule has 1 unspecified atom stereocenters. The molecule has 1 aliphatic rings. The summed E-state index contributed by atoms with van der Waals surface area (Å²) in [5, 5.41) is 0. The topological polar surface area (TPSA) is 26.3 Å². The summed E-state index contributed by atoms with van der Waals surface area (Å²) >= 11 is 0. The molecule has 112 valence electrons. The van der Waals surface area contributed by atoms with E-state index in [9.17, 15) is 4.79 Å². The van der Waals surface area contributed by atoms with Crippen molar-refractivity contribution in [3.63, 3.8) is 0 Å². The third-order valence-corrected chi connectivity index (χ3v) is 3.99. The molecule has 0 N–H and O–H groups in total. The van der Waals surface area contributed by atoms with Crippen molar-refractivity contribution in [3.8, 4) is 0 Å². The maximum Gasteiger partial charge on any atom is 0.306 e. The van der Waals surface area contributed by atoms with Gasteiger partial charge in [0.2, 0.25) is 0 Å². The van der Waals surface area contributed by atoms with Gasteiger partial charge in [-0.05, 0) is 25.7 Å². The van der Waals surface area contributed by atoms with Crippen LogP contribution in [0.5, 0.6) is 0 Å². The third-order valence-electron chi connectivity index (χ3n) is 3.99. The number of hydrogen-bond acceptors (Lipinski definition) is 2. The molecule has 2 heteroatoms. The van der Waals surface area contributed by atoms with E-state index in [0.29, 0.717) is 6.42 Å². The predicted molar refractivity (Wildman–Crippen MR) is 80.1 cm³/mol. The van der Waals surface area contributed by atoms with E-state index in [2.05, 4.69) is 6.92 Å². The lowest BCUT2D eigenvalue weighted by Crippen LogP contribution is -2.14. The van der Waals surface area contributed by atoms with Crippen molar-refractivity contribution >= 4 is 5.97 Å². The Hall–Kier alpha value is -0.530. The van der Waals surface area contributed by atoms with Gasteiger partial charge in [0.05, 0.1) is 6.10 Å². The monoisotopic (exact) mass is 268 g/mol. The van der Waals surface area contributed by atoms with Gasteiger partial charge in [0, 0.05) is 6.42 Å². The van der Waals surface area contributed by atoms with Gasteiger partial charge in [0.25, 0.3) is 0 Å². The second-order valence-electron chi connectivity index (χ2n) is 6.19. The number of carbonyl (C=O) groups is 1. The highest BCUT2D eigenvalue weighted by atomic mass is 16.5. The maximum absolute atomic E-state index is 11.6. The Morgan fingerprint density at radius 3 is 2.47 bits per heavy atom. The van der Waals surface area contributed by atoms with Crippen LogP contribution in [0, 0.1) is 5.92 Å². The number of hydrogen-bond donors (Lipinski definition) is 0. The molecule has 0 aliphatic heterocycles. The molecule has 0 amide bonds. The first-order valence-corrected chi connectivity index (χ1v) is 8.41. The zero-order valence-electron chi connectivity index (χ0n) is 13.0.